The van der Waals surface area contributed by atoms with Gasteiger partial charge in [0.25, 0.3) is 10.0 Å². The Kier molecular flexibility index (Phi) is 4.84. The second-order valence-electron chi connectivity index (χ2n) is 5.97. The number of benzene rings is 1. The van der Waals surface area contributed by atoms with Gasteiger partial charge in [0.2, 0.25) is 0 Å². The van der Waals surface area contributed by atoms with Crippen molar-refractivity contribution in [3.63, 3.8) is 0 Å². The molecular weight excluding hydrogens is 312 g/mol. The lowest BCUT2D eigenvalue weighted by atomic mass is 9.98. The molecule has 0 amide bonds. The maximum atomic E-state index is 13.1. The lowest BCUT2D eigenvalue weighted by molar-refractivity contribution is 0.401. The molecule has 2 aromatic rings. The smallest absolute Gasteiger partial charge is 0.272 e. The van der Waals surface area contributed by atoms with Crippen LogP contribution in [0.4, 0.5) is 0 Å². The van der Waals surface area contributed by atoms with Crippen LogP contribution in [0.25, 0.3) is 0 Å². The van der Waals surface area contributed by atoms with E-state index < -0.39 is 10.0 Å². The van der Waals surface area contributed by atoms with Crippen molar-refractivity contribution in [1.82, 2.24) is 8.96 Å². The first kappa shape index (κ1) is 17.5. The van der Waals surface area contributed by atoms with Crippen LogP contribution in [0.15, 0.2) is 23.2 Å². The Morgan fingerprint density at radius 2 is 1.91 bits per heavy atom. The van der Waals surface area contributed by atoms with Gasteiger partial charge in [-0.15, -0.1) is 0 Å². The highest BCUT2D eigenvalue weighted by Crippen LogP contribution is 2.32. The third kappa shape index (κ3) is 3.13. The van der Waals surface area contributed by atoms with Gasteiger partial charge in [-0.05, 0) is 43.0 Å². The van der Waals surface area contributed by atoms with Gasteiger partial charge in [-0.25, -0.2) is 17.4 Å². The predicted molar refractivity (Wildman–Crippen MR) is 90.7 cm³/mol. The summed E-state index contributed by atoms with van der Waals surface area (Å²) in [4.78, 5) is 4.48. The molecule has 23 heavy (non-hydrogen) atoms. The minimum absolute atomic E-state index is 0.182. The van der Waals surface area contributed by atoms with Crippen LogP contribution < -0.4 is 4.74 Å². The van der Waals surface area contributed by atoms with Crippen molar-refractivity contribution in [3.8, 4) is 5.75 Å². The molecule has 0 aliphatic carbocycles. The zero-order chi connectivity index (χ0) is 17.4. The number of hydrogen-bond acceptors (Lipinski definition) is 4. The summed E-state index contributed by atoms with van der Waals surface area (Å²) in [6.45, 7) is 9.73. The summed E-state index contributed by atoms with van der Waals surface area (Å²) in [6, 6.07) is 3.51. The van der Waals surface area contributed by atoms with Crippen molar-refractivity contribution in [1.29, 1.82) is 0 Å². The molecule has 1 aromatic carbocycles. The minimum atomic E-state index is -3.75. The molecule has 0 fully saturated rings. The second-order valence-corrected chi connectivity index (χ2v) is 7.75. The predicted octanol–water partition coefficient (Wildman–Crippen LogP) is 3.43. The number of imidazole rings is 1. The summed E-state index contributed by atoms with van der Waals surface area (Å²) in [7, 11) is -2.26. The molecule has 1 aromatic heterocycles. The molecule has 2 rings (SSSR count). The van der Waals surface area contributed by atoms with E-state index in [2.05, 4.69) is 4.98 Å². The molecule has 0 spiro atoms. The van der Waals surface area contributed by atoms with Crippen LogP contribution in [0.3, 0.4) is 0 Å². The van der Waals surface area contributed by atoms with Crippen molar-refractivity contribution >= 4 is 10.0 Å². The van der Waals surface area contributed by atoms with Gasteiger partial charge in [0, 0.05) is 12.6 Å². The van der Waals surface area contributed by atoms with Crippen molar-refractivity contribution in [2.45, 2.75) is 51.9 Å². The van der Waals surface area contributed by atoms with E-state index in [1.165, 1.54) is 11.1 Å². The number of rotatable bonds is 5. The number of nitrogens with zero attached hydrogens (tertiary/aromatic N) is 2. The third-order valence-electron chi connectivity index (χ3n) is 3.89. The zero-order valence-corrected chi connectivity index (χ0v) is 15.4. The van der Waals surface area contributed by atoms with Gasteiger partial charge in [0.1, 0.15) is 16.5 Å². The van der Waals surface area contributed by atoms with Crippen molar-refractivity contribution < 1.29 is 13.2 Å². The van der Waals surface area contributed by atoms with Gasteiger partial charge in [-0.1, -0.05) is 20.8 Å². The van der Waals surface area contributed by atoms with Gasteiger partial charge in [0.15, 0.2) is 0 Å². The van der Waals surface area contributed by atoms with Crippen molar-refractivity contribution in [2.75, 3.05) is 7.11 Å². The average molecular weight is 336 g/mol. The van der Waals surface area contributed by atoms with E-state index >= 15 is 0 Å². The van der Waals surface area contributed by atoms with E-state index in [-0.39, 0.29) is 10.8 Å². The van der Waals surface area contributed by atoms with Gasteiger partial charge in [0.05, 0.1) is 12.8 Å². The third-order valence-corrected chi connectivity index (χ3v) is 5.60. The van der Waals surface area contributed by atoms with E-state index in [4.69, 9.17) is 4.74 Å². The highest BCUT2D eigenvalue weighted by molar-refractivity contribution is 7.90. The minimum Gasteiger partial charge on any atom is -0.495 e. The molecule has 5 nitrogen and oxygen atoms in total. The lowest BCUT2D eigenvalue weighted by Crippen LogP contribution is -2.16. The fourth-order valence-electron chi connectivity index (χ4n) is 2.74. The summed E-state index contributed by atoms with van der Waals surface area (Å²) in [5.74, 6) is 1.11. The maximum absolute atomic E-state index is 13.1. The van der Waals surface area contributed by atoms with Gasteiger partial charge in [-0.3, -0.25) is 0 Å². The lowest BCUT2D eigenvalue weighted by Gasteiger charge is -2.17. The molecule has 126 valence electrons. The largest absolute Gasteiger partial charge is 0.495 e. The molecule has 0 aliphatic rings. The van der Waals surface area contributed by atoms with Crippen LogP contribution >= 0.6 is 0 Å². The molecule has 0 saturated heterocycles. The fourth-order valence-corrected chi connectivity index (χ4v) is 4.36. The number of hydrogen-bond donors (Lipinski definition) is 0. The van der Waals surface area contributed by atoms with E-state index in [1.807, 2.05) is 27.7 Å². The molecule has 0 saturated carbocycles. The molecule has 0 radical (unpaired) electrons. The van der Waals surface area contributed by atoms with Crippen LogP contribution in [0.1, 0.15) is 49.3 Å². The summed E-state index contributed by atoms with van der Waals surface area (Å²) >= 11 is 0. The normalized spacial score (nSPS) is 12.0. The van der Waals surface area contributed by atoms with Crippen LogP contribution in [0.2, 0.25) is 0 Å². The second kappa shape index (κ2) is 6.35. The topological polar surface area (TPSA) is 61.2 Å². The molecule has 6 heteroatoms. The van der Waals surface area contributed by atoms with Gasteiger partial charge >= 0.3 is 0 Å². The van der Waals surface area contributed by atoms with Crippen LogP contribution in [-0.4, -0.2) is 24.5 Å². The van der Waals surface area contributed by atoms with Crippen LogP contribution in [0, 0.1) is 13.8 Å². The Labute approximate surface area is 138 Å². The highest BCUT2D eigenvalue weighted by Gasteiger charge is 2.26. The SMILES string of the molecule is CCc1nc(C)cn1S(=O)(=O)c1cc(C(C)C)c(C)cc1OC. The summed E-state index contributed by atoms with van der Waals surface area (Å²) in [5.41, 5.74) is 2.70. The first-order valence-corrected chi connectivity index (χ1v) is 9.15. The first-order chi connectivity index (χ1) is 10.7. The van der Waals surface area contributed by atoms with Crippen LogP contribution in [0.5, 0.6) is 5.75 Å². The number of methoxy groups -OCH3 is 1. The Balaban J connectivity index is 2.74. The molecule has 0 bridgehead atoms. The van der Waals surface area contributed by atoms with E-state index in [1.54, 1.807) is 25.3 Å². The molecule has 0 atom stereocenters. The Hall–Kier alpha value is -1.82. The summed E-state index contributed by atoms with van der Waals surface area (Å²) in [6.07, 6.45) is 2.10. The van der Waals surface area contributed by atoms with E-state index in [0.717, 1.165) is 11.1 Å². The fraction of sp³-hybridized carbons (Fsp3) is 0.471. The van der Waals surface area contributed by atoms with Gasteiger partial charge in [-0.2, -0.15) is 0 Å². The molecule has 1 heterocycles. The van der Waals surface area contributed by atoms with E-state index in [9.17, 15) is 8.42 Å². The number of aromatic nitrogens is 2. The van der Waals surface area contributed by atoms with E-state index in [0.29, 0.717) is 23.7 Å². The summed E-state index contributed by atoms with van der Waals surface area (Å²) in [5, 5.41) is 0. The average Bonchev–Trinajstić information content (AvgIpc) is 2.88. The van der Waals surface area contributed by atoms with Gasteiger partial charge < -0.3 is 4.74 Å². The van der Waals surface area contributed by atoms with Crippen molar-refractivity contribution in [2.24, 2.45) is 0 Å². The Bertz CT molecular complexity index is 821. The highest BCUT2D eigenvalue weighted by atomic mass is 32.2. The van der Waals surface area contributed by atoms with Crippen molar-refractivity contribution in [3.05, 3.63) is 41.0 Å². The monoisotopic (exact) mass is 336 g/mol. The van der Waals surface area contributed by atoms with Crippen LogP contribution in [-0.2, 0) is 16.4 Å². The molecule has 0 unspecified atom stereocenters. The quantitative estimate of drug-likeness (QED) is 0.839. The molecule has 0 N–H and O–H groups in total. The standard InChI is InChI=1S/C17H24N2O3S/c1-7-17-18-13(5)10-19(17)23(20,21)16-9-14(11(2)3)12(4)8-15(16)22-6/h8-11H,7H2,1-6H3. The molecule has 0 aliphatic heterocycles. The Morgan fingerprint density at radius 3 is 2.43 bits per heavy atom. The Morgan fingerprint density at radius 1 is 1.26 bits per heavy atom. The molecular formula is C17H24N2O3S. The zero-order valence-electron chi connectivity index (χ0n) is 14.5. The first-order valence-electron chi connectivity index (χ1n) is 7.71. The number of aryl methyl sites for hydroxylation is 3. The number of ether oxygens (including phenoxy) is 1. The maximum Gasteiger partial charge on any atom is 0.272 e. The summed E-state index contributed by atoms with van der Waals surface area (Å²) < 4.78 is 32.9.